The first-order chi connectivity index (χ1) is 9.48. The fourth-order valence-electron chi connectivity index (χ4n) is 2.80. The summed E-state index contributed by atoms with van der Waals surface area (Å²) in [5.41, 5.74) is 2.14. The van der Waals surface area contributed by atoms with E-state index in [1.54, 1.807) is 0 Å². The predicted molar refractivity (Wildman–Crippen MR) is 86.3 cm³/mol. The summed E-state index contributed by atoms with van der Waals surface area (Å²) in [6.45, 7) is 0.805. The lowest BCUT2D eigenvalue weighted by atomic mass is 9.75. The predicted octanol–water partition coefficient (Wildman–Crippen LogP) is 3.14. The van der Waals surface area contributed by atoms with Crippen molar-refractivity contribution in [3.63, 3.8) is 0 Å². The minimum atomic E-state index is 0.110. The van der Waals surface area contributed by atoms with E-state index in [0.717, 1.165) is 17.4 Å². The molecule has 0 bridgehead atoms. The van der Waals surface area contributed by atoms with Crippen LogP contribution in [0.5, 0.6) is 0 Å². The molecule has 0 N–H and O–H groups in total. The van der Waals surface area contributed by atoms with E-state index < -0.39 is 0 Å². The van der Waals surface area contributed by atoms with Crippen LogP contribution in [0.15, 0.2) is 24.3 Å². The molecule has 0 radical (unpaired) electrons. The first-order valence-electron chi connectivity index (χ1n) is 7.06. The highest BCUT2D eigenvalue weighted by Crippen LogP contribution is 2.36. The third-order valence-corrected chi connectivity index (χ3v) is 5.11. The first-order valence-corrected chi connectivity index (χ1v) is 8.18. The minimum absolute atomic E-state index is 0.110. The first kappa shape index (κ1) is 15.5. The van der Waals surface area contributed by atoms with Gasteiger partial charge < -0.3 is 9.80 Å². The lowest BCUT2D eigenvalue weighted by Crippen LogP contribution is -2.57. The molecule has 1 aromatic rings. The van der Waals surface area contributed by atoms with Crippen LogP contribution in [-0.2, 0) is 5.33 Å². The van der Waals surface area contributed by atoms with Gasteiger partial charge in [0, 0.05) is 30.0 Å². The number of carbonyl (C=O) groups is 1. The molecule has 3 nitrogen and oxygen atoms in total. The Labute approximate surface area is 130 Å². The van der Waals surface area contributed by atoms with Gasteiger partial charge in [0.25, 0.3) is 5.91 Å². The molecule has 0 spiro atoms. The summed E-state index contributed by atoms with van der Waals surface area (Å²) >= 11 is 3.42. The van der Waals surface area contributed by atoms with E-state index in [1.807, 2.05) is 36.2 Å². The van der Waals surface area contributed by atoms with Crippen molar-refractivity contribution >= 4 is 21.8 Å². The van der Waals surface area contributed by atoms with Crippen LogP contribution in [0.3, 0.4) is 0 Å². The summed E-state index contributed by atoms with van der Waals surface area (Å²) in [6, 6.07) is 7.83. The van der Waals surface area contributed by atoms with E-state index in [1.165, 1.54) is 24.8 Å². The third kappa shape index (κ3) is 3.07. The van der Waals surface area contributed by atoms with Crippen LogP contribution in [0.25, 0.3) is 0 Å². The molecule has 110 valence electrons. The lowest BCUT2D eigenvalue weighted by molar-refractivity contribution is 0.0252. The highest BCUT2D eigenvalue weighted by atomic mass is 79.9. The third-order valence-electron chi connectivity index (χ3n) is 4.47. The highest BCUT2D eigenvalue weighted by Gasteiger charge is 2.40. The second-order valence-corrected chi connectivity index (χ2v) is 6.52. The molecule has 0 atom stereocenters. The van der Waals surface area contributed by atoms with Gasteiger partial charge in [-0.1, -0.05) is 28.1 Å². The van der Waals surface area contributed by atoms with E-state index in [2.05, 4.69) is 34.9 Å². The quantitative estimate of drug-likeness (QED) is 0.770. The van der Waals surface area contributed by atoms with Gasteiger partial charge in [0.05, 0.1) is 0 Å². The zero-order chi connectivity index (χ0) is 14.8. The van der Waals surface area contributed by atoms with Crippen molar-refractivity contribution in [3.8, 4) is 0 Å². The molecule has 0 heterocycles. The zero-order valence-electron chi connectivity index (χ0n) is 12.5. The van der Waals surface area contributed by atoms with Gasteiger partial charge in [-0.2, -0.15) is 0 Å². The van der Waals surface area contributed by atoms with Gasteiger partial charge in [0.2, 0.25) is 0 Å². The number of amides is 1. The van der Waals surface area contributed by atoms with Crippen molar-refractivity contribution in [3.05, 3.63) is 35.4 Å². The Morgan fingerprint density at radius 2 is 1.80 bits per heavy atom. The number of hydrogen-bond acceptors (Lipinski definition) is 2. The minimum Gasteiger partial charge on any atom is -0.340 e. The Balaban J connectivity index is 2.04. The van der Waals surface area contributed by atoms with E-state index in [4.69, 9.17) is 0 Å². The molecule has 2 rings (SSSR count). The van der Waals surface area contributed by atoms with Gasteiger partial charge in [-0.15, -0.1) is 0 Å². The number of halogens is 1. The van der Waals surface area contributed by atoms with Crippen molar-refractivity contribution in [2.45, 2.75) is 30.1 Å². The summed E-state index contributed by atoms with van der Waals surface area (Å²) in [7, 11) is 6.13. The van der Waals surface area contributed by atoms with Crippen molar-refractivity contribution in [2.24, 2.45) is 0 Å². The number of benzene rings is 1. The topological polar surface area (TPSA) is 23.6 Å². The molecule has 0 saturated heterocycles. The largest absolute Gasteiger partial charge is 0.340 e. The smallest absolute Gasteiger partial charge is 0.253 e. The molecule has 1 saturated carbocycles. The molecule has 1 fully saturated rings. The molecule has 1 aromatic carbocycles. The van der Waals surface area contributed by atoms with Crippen LogP contribution >= 0.6 is 15.9 Å². The van der Waals surface area contributed by atoms with Crippen molar-refractivity contribution in [1.82, 2.24) is 9.80 Å². The van der Waals surface area contributed by atoms with Crippen LogP contribution in [0.4, 0.5) is 0 Å². The number of alkyl halides is 1. The molecule has 20 heavy (non-hydrogen) atoms. The molecule has 1 aliphatic rings. The molecule has 4 heteroatoms. The molecule has 1 amide bonds. The average Bonchev–Trinajstić information content (AvgIpc) is 2.41. The number of nitrogens with zero attached hydrogens (tertiary/aromatic N) is 2. The van der Waals surface area contributed by atoms with Crippen LogP contribution in [-0.4, -0.2) is 48.9 Å². The van der Waals surface area contributed by atoms with Crippen LogP contribution in [0.2, 0.25) is 0 Å². The van der Waals surface area contributed by atoms with Crippen molar-refractivity contribution < 1.29 is 4.79 Å². The SMILES string of the molecule is CN(CC1(N(C)C)CCC1)C(=O)c1ccc(CBr)cc1. The normalized spacial score (nSPS) is 16.9. The number of likely N-dealkylation sites (N-methyl/N-ethyl adjacent to an activating group) is 2. The van der Waals surface area contributed by atoms with Crippen LogP contribution in [0.1, 0.15) is 35.2 Å². The van der Waals surface area contributed by atoms with Crippen molar-refractivity contribution in [1.29, 1.82) is 0 Å². The Kier molecular flexibility index (Phi) is 4.86. The molecular formula is C16H23BrN2O. The monoisotopic (exact) mass is 338 g/mol. The van der Waals surface area contributed by atoms with Gasteiger partial charge in [0.15, 0.2) is 0 Å². The van der Waals surface area contributed by atoms with E-state index in [9.17, 15) is 4.79 Å². The van der Waals surface area contributed by atoms with Gasteiger partial charge in [0.1, 0.15) is 0 Å². The molecular weight excluding hydrogens is 316 g/mol. The summed E-state index contributed by atoms with van der Waals surface area (Å²) in [5.74, 6) is 0.110. The number of carbonyl (C=O) groups excluding carboxylic acids is 1. The summed E-state index contributed by atoms with van der Waals surface area (Å²) in [5, 5.41) is 0.820. The fourth-order valence-corrected chi connectivity index (χ4v) is 3.18. The van der Waals surface area contributed by atoms with E-state index in [0.29, 0.717) is 0 Å². The Hall–Kier alpha value is -0.870. The average molecular weight is 339 g/mol. The summed E-state index contributed by atoms with van der Waals surface area (Å²) in [6.07, 6.45) is 3.63. The maximum atomic E-state index is 12.5. The van der Waals surface area contributed by atoms with Gasteiger partial charge in [-0.25, -0.2) is 0 Å². The molecule has 0 aliphatic heterocycles. The molecule has 0 aromatic heterocycles. The second kappa shape index (κ2) is 6.27. The van der Waals surface area contributed by atoms with Gasteiger partial charge in [-0.05, 0) is 51.1 Å². The Morgan fingerprint density at radius 3 is 2.20 bits per heavy atom. The number of hydrogen-bond donors (Lipinski definition) is 0. The van der Waals surface area contributed by atoms with Gasteiger partial charge in [-0.3, -0.25) is 4.79 Å². The highest BCUT2D eigenvalue weighted by molar-refractivity contribution is 9.08. The number of rotatable bonds is 5. The van der Waals surface area contributed by atoms with Crippen LogP contribution in [0, 0.1) is 0 Å². The molecule has 1 aliphatic carbocycles. The second-order valence-electron chi connectivity index (χ2n) is 5.96. The van der Waals surface area contributed by atoms with Crippen molar-refractivity contribution in [2.75, 3.05) is 27.7 Å². The Morgan fingerprint density at radius 1 is 1.20 bits per heavy atom. The van der Waals surface area contributed by atoms with E-state index >= 15 is 0 Å². The lowest BCUT2D eigenvalue weighted by Gasteiger charge is -2.49. The van der Waals surface area contributed by atoms with Gasteiger partial charge >= 0.3 is 0 Å². The van der Waals surface area contributed by atoms with E-state index in [-0.39, 0.29) is 11.4 Å². The maximum absolute atomic E-state index is 12.5. The van der Waals surface area contributed by atoms with Crippen LogP contribution < -0.4 is 0 Å². The fraction of sp³-hybridized carbons (Fsp3) is 0.562. The maximum Gasteiger partial charge on any atom is 0.253 e. The summed E-state index contributed by atoms with van der Waals surface area (Å²) in [4.78, 5) is 16.6. The molecule has 0 unspecified atom stereocenters. The summed E-state index contributed by atoms with van der Waals surface area (Å²) < 4.78 is 0. The standard InChI is InChI=1S/C16H23BrN2O/c1-18(2)16(9-4-10-16)12-19(3)15(20)14-7-5-13(11-17)6-8-14/h5-8H,4,9-12H2,1-3H3. The zero-order valence-corrected chi connectivity index (χ0v) is 14.1. The Bertz CT molecular complexity index is 466.